The predicted molar refractivity (Wildman–Crippen MR) is 102 cm³/mol. The quantitative estimate of drug-likeness (QED) is 0.683. The second-order valence-electron chi connectivity index (χ2n) is 6.73. The molecule has 2 N–H and O–H groups in total. The second-order valence-corrected chi connectivity index (χ2v) is 6.73. The molecule has 0 spiro atoms. The Labute approximate surface area is 153 Å². The predicted octanol–water partition coefficient (Wildman–Crippen LogP) is 4.48. The fraction of sp³-hybridized carbons (Fsp3) is 0.227. The fourth-order valence-electron chi connectivity index (χ4n) is 3.62. The van der Waals surface area contributed by atoms with E-state index in [1.807, 2.05) is 50.4 Å². The van der Waals surface area contributed by atoms with Crippen molar-refractivity contribution in [3.05, 3.63) is 88.2 Å². The van der Waals surface area contributed by atoms with Crippen LogP contribution in [0.2, 0.25) is 0 Å². The number of hydrogen-bond acceptors (Lipinski definition) is 3. The van der Waals surface area contributed by atoms with Gasteiger partial charge >= 0.3 is 5.97 Å². The minimum Gasteiger partial charge on any atom is -0.508 e. The van der Waals surface area contributed by atoms with Crippen LogP contribution in [0.3, 0.4) is 0 Å². The highest BCUT2D eigenvalue weighted by molar-refractivity contribution is 5.91. The molecule has 4 nitrogen and oxygen atoms in total. The zero-order valence-corrected chi connectivity index (χ0v) is 15.5. The summed E-state index contributed by atoms with van der Waals surface area (Å²) in [6.07, 6.45) is 1.90. The van der Waals surface area contributed by atoms with Gasteiger partial charge in [-0.25, -0.2) is 4.79 Å². The van der Waals surface area contributed by atoms with Crippen molar-refractivity contribution in [3.8, 4) is 5.75 Å². The SMILES string of the molecule is COC(=O)c1ccc(C(C)(c2ccc[nH]2)c2ccc(O)cc2C)cc1C. The number of ether oxygens (including phenoxy) is 1. The van der Waals surface area contributed by atoms with E-state index in [0.717, 1.165) is 27.9 Å². The van der Waals surface area contributed by atoms with Gasteiger partial charge in [0.15, 0.2) is 0 Å². The number of methoxy groups -OCH3 is 1. The van der Waals surface area contributed by atoms with Gasteiger partial charge in [-0.1, -0.05) is 18.2 Å². The summed E-state index contributed by atoms with van der Waals surface area (Å²) >= 11 is 0. The Morgan fingerprint density at radius 2 is 1.85 bits per heavy atom. The first kappa shape index (κ1) is 17.8. The number of carbonyl (C=O) groups is 1. The van der Waals surface area contributed by atoms with Crippen LogP contribution in [-0.4, -0.2) is 23.2 Å². The summed E-state index contributed by atoms with van der Waals surface area (Å²) in [6, 6.07) is 15.3. The normalized spacial score (nSPS) is 13.2. The highest BCUT2D eigenvalue weighted by atomic mass is 16.5. The third kappa shape index (κ3) is 2.88. The molecule has 26 heavy (non-hydrogen) atoms. The van der Waals surface area contributed by atoms with Crippen LogP contribution in [0, 0.1) is 13.8 Å². The molecule has 2 aromatic carbocycles. The third-order valence-corrected chi connectivity index (χ3v) is 5.09. The molecule has 1 aromatic heterocycles. The largest absolute Gasteiger partial charge is 0.508 e. The fourth-order valence-corrected chi connectivity index (χ4v) is 3.62. The maximum atomic E-state index is 11.9. The van der Waals surface area contributed by atoms with Crippen LogP contribution in [0.4, 0.5) is 0 Å². The molecule has 4 heteroatoms. The molecule has 0 fully saturated rings. The number of phenols is 1. The molecule has 0 aliphatic heterocycles. The van der Waals surface area contributed by atoms with Crippen molar-refractivity contribution in [2.24, 2.45) is 0 Å². The van der Waals surface area contributed by atoms with Gasteiger partial charge in [0.2, 0.25) is 0 Å². The lowest BCUT2D eigenvalue weighted by atomic mass is 9.71. The minimum absolute atomic E-state index is 0.248. The van der Waals surface area contributed by atoms with Gasteiger partial charge in [0, 0.05) is 11.9 Å². The van der Waals surface area contributed by atoms with E-state index in [0.29, 0.717) is 5.56 Å². The number of esters is 1. The van der Waals surface area contributed by atoms with Crippen molar-refractivity contribution in [2.45, 2.75) is 26.2 Å². The Bertz CT molecular complexity index is 944. The standard InChI is InChI=1S/C22H23NO3/c1-14-12-16(7-9-18(14)21(25)26-4)22(3,20-6-5-11-23-20)19-10-8-17(24)13-15(19)2/h5-13,23-24H,1-4H3. The van der Waals surface area contributed by atoms with Crippen molar-refractivity contribution in [3.63, 3.8) is 0 Å². The molecule has 0 aliphatic rings. The number of benzene rings is 2. The Morgan fingerprint density at radius 3 is 2.42 bits per heavy atom. The number of phenolic OH excluding ortho intramolecular Hbond substituents is 1. The first-order valence-corrected chi connectivity index (χ1v) is 8.51. The van der Waals surface area contributed by atoms with Gasteiger partial charge in [-0.15, -0.1) is 0 Å². The number of aryl methyl sites for hydroxylation is 2. The zero-order chi connectivity index (χ0) is 18.9. The van der Waals surface area contributed by atoms with E-state index >= 15 is 0 Å². The topological polar surface area (TPSA) is 62.3 Å². The molecule has 0 saturated heterocycles. The van der Waals surface area contributed by atoms with E-state index in [1.54, 1.807) is 12.1 Å². The van der Waals surface area contributed by atoms with Crippen LogP contribution in [0.25, 0.3) is 0 Å². The highest BCUT2D eigenvalue weighted by Gasteiger charge is 2.34. The molecule has 0 radical (unpaired) electrons. The molecule has 3 aromatic rings. The zero-order valence-electron chi connectivity index (χ0n) is 15.5. The number of aromatic nitrogens is 1. The Morgan fingerprint density at radius 1 is 1.08 bits per heavy atom. The number of rotatable bonds is 4. The summed E-state index contributed by atoms with van der Waals surface area (Å²) in [5.74, 6) is -0.0891. The maximum absolute atomic E-state index is 11.9. The molecule has 0 saturated carbocycles. The molecular formula is C22H23NO3. The minimum atomic E-state index is -0.458. The van der Waals surface area contributed by atoms with Crippen LogP contribution >= 0.6 is 0 Å². The molecular weight excluding hydrogens is 326 g/mol. The van der Waals surface area contributed by atoms with Crippen molar-refractivity contribution in [1.82, 2.24) is 4.98 Å². The van der Waals surface area contributed by atoms with Gasteiger partial charge in [0.25, 0.3) is 0 Å². The van der Waals surface area contributed by atoms with E-state index in [2.05, 4.69) is 18.0 Å². The van der Waals surface area contributed by atoms with Crippen LogP contribution in [0.5, 0.6) is 5.75 Å². The summed E-state index contributed by atoms with van der Waals surface area (Å²) in [6.45, 7) is 6.05. The Balaban J connectivity index is 2.23. The number of nitrogens with one attached hydrogen (secondary N) is 1. The average molecular weight is 349 g/mol. The van der Waals surface area contributed by atoms with Crippen LogP contribution in [0.15, 0.2) is 54.7 Å². The number of aromatic amines is 1. The van der Waals surface area contributed by atoms with Crippen LogP contribution in [0.1, 0.15) is 45.2 Å². The average Bonchev–Trinajstić information content (AvgIpc) is 3.15. The molecule has 0 amide bonds. The molecule has 3 rings (SSSR count). The van der Waals surface area contributed by atoms with E-state index in [1.165, 1.54) is 7.11 Å². The van der Waals surface area contributed by atoms with E-state index < -0.39 is 5.41 Å². The van der Waals surface area contributed by atoms with Gasteiger partial charge in [0.1, 0.15) is 5.75 Å². The van der Waals surface area contributed by atoms with E-state index in [9.17, 15) is 9.90 Å². The Hall–Kier alpha value is -3.01. The number of hydrogen-bond donors (Lipinski definition) is 2. The van der Waals surface area contributed by atoms with Crippen molar-refractivity contribution in [1.29, 1.82) is 0 Å². The molecule has 1 unspecified atom stereocenters. The lowest BCUT2D eigenvalue weighted by Gasteiger charge is -2.32. The lowest BCUT2D eigenvalue weighted by molar-refractivity contribution is 0.0600. The summed E-state index contributed by atoms with van der Waals surface area (Å²) in [4.78, 5) is 15.3. The highest BCUT2D eigenvalue weighted by Crippen LogP contribution is 2.40. The summed E-state index contributed by atoms with van der Waals surface area (Å²) in [5, 5.41) is 9.81. The lowest BCUT2D eigenvalue weighted by Crippen LogP contribution is -2.27. The van der Waals surface area contributed by atoms with Crippen LogP contribution < -0.4 is 0 Å². The molecule has 0 bridgehead atoms. The molecule has 1 heterocycles. The summed E-state index contributed by atoms with van der Waals surface area (Å²) < 4.78 is 4.86. The first-order chi connectivity index (χ1) is 12.4. The second kappa shape index (κ2) is 6.71. The van der Waals surface area contributed by atoms with E-state index in [-0.39, 0.29) is 11.7 Å². The first-order valence-electron chi connectivity index (χ1n) is 8.51. The van der Waals surface area contributed by atoms with Gasteiger partial charge in [-0.3, -0.25) is 0 Å². The van der Waals surface area contributed by atoms with Gasteiger partial charge in [0.05, 0.1) is 18.1 Å². The van der Waals surface area contributed by atoms with E-state index in [4.69, 9.17) is 4.74 Å². The molecule has 0 aliphatic carbocycles. The smallest absolute Gasteiger partial charge is 0.338 e. The van der Waals surface area contributed by atoms with Crippen LogP contribution in [-0.2, 0) is 10.2 Å². The van der Waals surface area contributed by atoms with Crippen molar-refractivity contribution < 1.29 is 14.6 Å². The molecule has 1 atom stereocenters. The van der Waals surface area contributed by atoms with Crippen molar-refractivity contribution in [2.75, 3.05) is 7.11 Å². The third-order valence-electron chi connectivity index (χ3n) is 5.09. The van der Waals surface area contributed by atoms with Gasteiger partial charge in [-0.05, 0) is 73.4 Å². The summed E-state index contributed by atoms with van der Waals surface area (Å²) in [5.41, 5.74) is 5.15. The number of carbonyl (C=O) groups excluding carboxylic acids is 1. The monoisotopic (exact) mass is 349 g/mol. The summed E-state index contributed by atoms with van der Waals surface area (Å²) in [7, 11) is 1.39. The van der Waals surface area contributed by atoms with Gasteiger partial charge < -0.3 is 14.8 Å². The molecule has 134 valence electrons. The Kier molecular flexibility index (Phi) is 4.60. The number of aromatic hydroxyl groups is 1. The van der Waals surface area contributed by atoms with Crippen molar-refractivity contribution >= 4 is 5.97 Å². The van der Waals surface area contributed by atoms with Gasteiger partial charge in [-0.2, -0.15) is 0 Å². The number of H-pyrrole nitrogens is 1. The maximum Gasteiger partial charge on any atom is 0.338 e.